The predicted octanol–water partition coefficient (Wildman–Crippen LogP) is 2.97. The summed E-state index contributed by atoms with van der Waals surface area (Å²) in [5, 5.41) is 2.48. The Hall–Kier alpha value is -2.45. The van der Waals surface area contributed by atoms with E-state index >= 15 is 0 Å². The van der Waals surface area contributed by atoms with Crippen LogP contribution < -0.4 is 11.1 Å². The number of anilines is 2. The fourth-order valence-electron chi connectivity index (χ4n) is 1.53. The molecule has 112 valence electrons. The van der Waals surface area contributed by atoms with Crippen molar-refractivity contribution in [2.24, 2.45) is 0 Å². The van der Waals surface area contributed by atoms with Gasteiger partial charge in [-0.1, -0.05) is 6.07 Å². The second-order valence-electron chi connectivity index (χ2n) is 4.09. The molecule has 3 N–H and O–H groups in total. The summed E-state index contributed by atoms with van der Waals surface area (Å²) in [6.07, 6.45) is -4.74. The van der Waals surface area contributed by atoms with E-state index in [1.54, 1.807) is 0 Å². The second-order valence-corrected chi connectivity index (χ2v) is 4.09. The van der Waals surface area contributed by atoms with Crippen LogP contribution in [0.15, 0.2) is 24.3 Å². The first-order valence-corrected chi connectivity index (χ1v) is 5.65. The Morgan fingerprint density at radius 1 is 1.10 bits per heavy atom. The Morgan fingerprint density at radius 3 is 2.43 bits per heavy atom. The number of nitrogens with one attached hydrogen (secondary N) is 1. The Balaban J connectivity index is 2.18. The van der Waals surface area contributed by atoms with E-state index in [0.717, 1.165) is 12.1 Å². The highest BCUT2D eigenvalue weighted by atomic mass is 19.4. The molecule has 9 heteroatoms. The van der Waals surface area contributed by atoms with Crippen LogP contribution in [0.25, 0.3) is 0 Å². The Morgan fingerprint density at radius 2 is 1.81 bits per heavy atom. The standard InChI is InChI=1S/C12H9F5N4/c13-7-2-1-6(8(14)3-7)5-19-10-4-9(18)20-11(21-10)12(15,16)17/h1-4H,5H2,(H3,18,19,20,21). The van der Waals surface area contributed by atoms with Gasteiger partial charge in [0, 0.05) is 24.2 Å². The summed E-state index contributed by atoms with van der Waals surface area (Å²) < 4.78 is 63.6. The lowest BCUT2D eigenvalue weighted by molar-refractivity contribution is -0.144. The van der Waals surface area contributed by atoms with Crippen molar-refractivity contribution >= 4 is 11.6 Å². The van der Waals surface area contributed by atoms with E-state index in [4.69, 9.17) is 5.73 Å². The van der Waals surface area contributed by atoms with Gasteiger partial charge in [-0.25, -0.2) is 18.7 Å². The molecule has 0 atom stereocenters. The minimum Gasteiger partial charge on any atom is -0.384 e. The van der Waals surface area contributed by atoms with Crippen LogP contribution in [0, 0.1) is 11.6 Å². The van der Waals surface area contributed by atoms with E-state index in [9.17, 15) is 22.0 Å². The maximum absolute atomic E-state index is 13.4. The molecular weight excluding hydrogens is 295 g/mol. The number of benzene rings is 1. The van der Waals surface area contributed by atoms with Crippen LogP contribution in [-0.4, -0.2) is 9.97 Å². The molecule has 2 aromatic rings. The zero-order valence-electron chi connectivity index (χ0n) is 10.4. The number of halogens is 5. The third kappa shape index (κ3) is 3.77. The zero-order chi connectivity index (χ0) is 15.6. The number of hydrogen-bond donors (Lipinski definition) is 2. The first kappa shape index (κ1) is 14.9. The van der Waals surface area contributed by atoms with Crippen molar-refractivity contribution in [1.29, 1.82) is 0 Å². The van der Waals surface area contributed by atoms with E-state index in [0.29, 0.717) is 6.07 Å². The van der Waals surface area contributed by atoms with Crippen molar-refractivity contribution in [3.8, 4) is 0 Å². The molecule has 0 saturated heterocycles. The van der Waals surface area contributed by atoms with Gasteiger partial charge in [0.25, 0.3) is 0 Å². The van der Waals surface area contributed by atoms with Crippen molar-refractivity contribution in [3.05, 3.63) is 47.3 Å². The normalized spacial score (nSPS) is 11.5. The molecule has 0 bridgehead atoms. The number of nitrogen functional groups attached to an aromatic ring is 1. The van der Waals surface area contributed by atoms with Crippen molar-refractivity contribution in [1.82, 2.24) is 9.97 Å². The third-order valence-electron chi connectivity index (χ3n) is 2.47. The molecule has 4 nitrogen and oxygen atoms in total. The van der Waals surface area contributed by atoms with Gasteiger partial charge in [0.2, 0.25) is 5.82 Å². The summed E-state index contributed by atoms with van der Waals surface area (Å²) >= 11 is 0. The van der Waals surface area contributed by atoms with Gasteiger partial charge in [0.15, 0.2) is 0 Å². The molecule has 2 rings (SSSR count). The summed E-state index contributed by atoms with van der Waals surface area (Å²) in [5.41, 5.74) is 5.33. The molecule has 21 heavy (non-hydrogen) atoms. The molecule has 0 aliphatic carbocycles. The largest absolute Gasteiger partial charge is 0.451 e. The van der Waals surface area contributed by atoms with Crippen LogP contribution in [0.5, 0.6) is 0 Å². The molecule has 0 amide bonds. The molecule has 0 fully saturated rings. The van der Waals surface area contributed by atoms with E-state index in [1.807, 2.05) is 0 Å². The number of aromatic nitrogens is 2. The SMILES string of the molecule is Nc1cc(NCc2ccc(F)cc2F)nc(C(F)(F)F)n1. The van der Waals surface area contributed by atoms with Gasteiger partial charge in [-0.3, -0.25) is 0 Å². The lowest BCUT2D eigenvalue weighted by atomic mass is 10.2. The predicted molar refractivity (Wildman–Crippen MR) is 65.1 cm³/mol. The molecule has 1 aromatic heterocycles. The highest BCUT2D eigenvalue weighted by Gasteiger charge is 2.35. The topological polar surface area (TPSA) is 63.8 Å². The lowest BCUT2D eigenvalue weighted by Crippen LogP contribution is -2.14. The third-order valence-corrected chi connectivity index (χ3v) is 2.47. The molecule has 0 spiro atoms. The summed E-state index contributed by atoms with van der Waals surface area (Å²) in [6.45, 7) is -0.181. The highest BCUT2D eigenvalue weighted by Crippen LogP contribution is 2.27. The first-order valence-electron chi connectivity index (χ1n) is 5.65. The van der Waals surface area contributed by atoms with Crippen LogP contribution in [0.4, 0.5) is 33.6 Å². The summed E-state index contributed by atoms with van der Waals surface area (Å²) in [4.78, 5) is 6.31. The smallest absolute Gasteiger partial charge is 0.384 e. The van der Waals surface area contributed by atoms with Crippen LogP contribution in [-0.2, 0) is 12.7 Å². The number of rotatable bonds is 3. The van der Waals surface area contributed by atoms with E-state index < -0.39 is 23.6 Å². The van der Waals surface area contributed by atoms with Crippen molar-refractivity contribution < 1.29 is 22.0 Å². The van der Waals surface area contributed by atoms with Gasteiger partial charge in [-0.2, -0.15) is 13.2 Å². The number of hydrogen-bond acceptors (Lipinski definition) is 4. The van der Waals surface area contributed by atoms with Crippen LogP contribution in [0.1, 0.15) is 11.4 Å². The Bertz CT molecular complexity index is 657. The van der Waals surface area contributed by atoms with Crippen LogP contribution in [0.3, 0.4) is 0 Å². The fraction of sp³-hybridized carbons (Fsp3) is 0.167. The van der Waals surface area contributed by atoms with Crippen molar-refractivity contribution in [2.75, 3.05) is 11.1 Å². The minimum absolute atomic E-state index is 0.0714. The summed E-state index contributed by atoms with van der Waals surface area (Å²) in [6, 6.07) is 3.96. The maximum atomic E-state index is 13.4. The van der Waals surface area contributed by atoms with E-state index in [2.05, 4.69) is 15.3 Å². The number of nitrogens with two attached hydrogens (primary N) is 1. The maximum Gasteiger partial charge on any atom is 0.451 e. The zero-order valence-corrected chi connectivity index (χ0v) is 10.4. The van der Waals surface area contributed by atoms with Gasteiger partial charge in [-0.05, 0) is 6.07 Å². The average Bonchev–Trinajstić information content (AvgIpc) is 2.36. The lowest BCUT2D eigenvalue weighted by Gasteiger charge is -2.10. The van der Waals surface area contributed by atoms with Gasteiger partial charge < -0.3 is 11.1 Å². The quantitative estimate of drug-likeness (QED) is 0.856. The Labute approximate surface area is 115 Å². The molecule has 1 heterocycles. The van der Waals surface area contributed by atoms with Crippen LogP contribution in [0.2, 0.25) is 0 Å². The minimum atomic E-state index is -4.74. The highest BCUT2D eigenvalue weighted by molar-refractivity contribution is 5.45. The molecule has 0 unspecified atom stereocenters. The van der Waals surface area contributed by atoms with Gasteiger partial charge in [-0.15, -0.1) is 0 Å². The number of nitrogens with zero attached hydrogens (tertiary/aromatic N) is 2. The summed E-state index contributed by atoms with van der Waals surface area (Å²) in [5.74, 6) is -3.55. The molecule has 1 aromatic carbocycles. The summed E-state index contributed by atoms with van der Waals surface area (Å²) in [7, 11) is 0. The van der Waals surface area contributed by atoms with Gasteiger partial charge in [0.1, 0.15) is 23.3 Å². The molecular formula is C12H9F5N4. The average molecular weight is 304 g/mol. The van der Waals surface area contributed by atoms with Crippen molar-refractivity contribution in [2.45, 2.75) is 12.7 Å². The van der Waals surface area contributed by atoms with E-state index in [1.165, 1.54) is 6.07 Å². The van der Waals surface area contributed by atoms with E-state index in [-0.39, 0.29) is 23.7 Å². The molecule has 0 aliphatic rings. The molecule has 0 aliphatic heterocycles. The molecule has 0 radical (unpaired) electrons. The van der Waals surface area contributed by atoms with Crippen LogP contribution >= 0.6 is 0 Å². The first-order chi connectivity index (χ1) is 9.75. The number of alkyl halides is 3. The monoisotopic (exact) mass is 304 g/mol. The van der Waals surface area contributed by atoms with Gasteiger partial charge in [0.05, 0.1) is 0 Å². The second kappa shape index (κ2) is 5.51. The Kier molecular flexibility index (Phi) is 3.92. The molecule has 0 saturated carbocycles. The fourth-order valence-corrected chi connectivity index (χ4v) is 1.53. The van der Waals surface area contributed by atoms with Gasteiger partial charge >= 0.3 is 6.18 Å². The van der Waals surface area contributed by atoms with Crippen molar-refractivity contribution in [3.63, 3.8) is 0 Å².